The Bertz CT molecular complexity index is 3420. The molecule has 4 heteroatoms. The van der Waals surface area contributed by atoms with Crippen LogP contribution in [-0.2, 0) is 5.41 Å². The van der Waals surface area contributed by atoms with Gasteiger partial charge in [0.05, 0.1) is 0 Å². The highest BCUT2D eigenvalue weighted by Crippen LogP contribution is 2.69. The molecule has 4 saturated carbocycles. The molecule has 8 aromatic carbocycles. The van der Waals surface area contributed by atoms with Crippen LogP contribution in [0.3, 0.4) is 0 Å². The molecule has 1 aliphatic heterocycles. The lowest BCUT2D eigenvalue weighted by atomic mass is 9.43. The van der Waals surface area contributed by atoms with Gasteiger partial charge in [0.2, 0.25) is 0 Å². The second-order valence-corrected chi connectivity index (χ2v) is 25.0. The number of nitrogens with zero attached hydrogens (tertiary/aromatic N) is 3. The number of rotatable bonds is 6. The number of benzene rings is 8. The van der Waals surface area contributed by atoms with Crippen LogP contribution in [-0.4, -0.2) is 23.0 Å². The van der Waals surface area contributed by atoms with Crippen LogP contribution in [0, 0.1) is 23.7 Å². The number of hydrogen-bond donors (Lipinski definition) is 0. The van der Waals surface area contributed by atoms with Crippen molar-refractivity contribution in [1.29, 1.82) is 0 Å². The van der Waals surface area contributed by atoms with Gasteiger partial charge in [-0.2, -0.15) is 0 Å². The van der Waals surface area contributed by atoms with E-state index in [1.54, 1.807) is 21.5 Å². The van der Waals surface area contributed by atoms with Gasteiger partial charge in [-0.25, -0.2) is 15.0 Å². The van der Waals surface area contributed by atoms with E-state index in [1.165, 1.54) is 71.0 Å². The lowest BCUT2D eigenvalue weighted by Crippen LogP contribution is -2.59. The monoisotopic (exact) mass is 877 g/mol. The lowest BCUT2D eigenvalue weighted by molar-refractivity contribution is -0.0395. The number of fused-ring (bicyclic) bond motifs is 7. The lowest BCUT2D eigenvalue weighted by Gasteiger charge is -2.61. The normalized spacial score (nSPS) is 22.1. The van der Waals surface area contributed by atoms with Crippen LogP contribution >= 0.6 is 0 Å². The first kappa shape index (κ1) is 39.2. The molecule has 0 amide bonds. The van der Waals surface area contributed by atoms with Crippen molar-refractivity contribution in [3.63, 3.8) is 0 Å². The largest absolute Gasteiger partial charge is 0.208 e. The molecule has 4 bridgehead atoms. The molecule has 322 valence electrons. The minimum absolute atomic E-state index is 0.155. The Morgan fingerprint density at radius 3 is 1.63 bits per heavy atom. The van der Waals surface area contributed by atoms with E-state index in [4.69, 9.17) is 15.0 Å². The molecule has 1 spiro atoms. The van der Waals surface area contributed by atoms with Crippen LogP contribution in [0.25, 0.3) is 89.8 Å². The highest BCUT2D eigenvalue weighted by Gasteiger charge is 2.63. The van der Waals surface area contributed by atoms with Crippen molar-refractivity contribution in [2.45, 2.75) is 50.6 Å². The summed E-state index contributed by atoms with van der Waals surface area (Å²) in [6.07, 6.45) is 7.10. The van der Waals surface area contributed by atoms with Crippen molar-refractivity contribution in [2.24, 2.45) is 23.7 Å². The minimum Gasteiger partial charge on any atom is -0.208 e. The van der Waals surface area contributed by atoms with Crippen molar-refractivity contribution in [3.05, 3.63) is 199 Å². The van der Waals surface area contributed by atoms with Gasteiger partial charge < -0.3 is 0 Å². The highest BCUT2D eigenvalue weighted by molar-refractivity contribution is 7.04. The first-order valence-corrected chi connectivity index (χ1v) is 27.5. The Kier molecular flexibility index (Phi) is 8.62. The Balaban J connectivity index is 0.895. The summed E-state index contributed by atoms with van der Waals surface area (Å²) < 4.78 is 0. The summed E-state index contributed by atoms with van der Waals surface area (Å²) in [5.41, 5.74) is 19.4. The summed E-state index contributed by atoms with van der Waals surface area (Å²) in [7, 11) is -2.09. The maximum Gasteiger partial charge on any atom is 0.164 e. The molecule has 67 heavy (non-hydrogen) atoms. The van der Waals surface area contributed by atoms with E-state index in [2.05, 4.69) is 195 Å². The van der Waals surface area contributed by atoms with Gasteiger partial charge >= 0.3 is 0 Å². The molecular formula is C63H51N3Si. The molecule has 0 radical (unpaired) electrons. The molecule has 5 aliphatic carbocycles. The first-order valence-electron chi connectivity index (χ1n) is 24.5. The molecule has 1 aromatic heterocycles. The minimum atomic E-state index is -2.09. The van der Waals surface area contributed by atoms with Gasteiger partial charge in [0.1, 0.15) is 8.07 Å². The average molecular weight is 878 g/mol. The van der Waals surface area contributed by atoms with Crippen LogP contribution in [0.15, 0.2) is 188 Å². The molecule has 2 heterocycles. The molecule has 0 N–H and O–H groups in total. The maximum absolute atomic E-state index is 5.34. The van der Waals surface area contributed by atoms with Gasteiger partial charge in [0, 0.05) is 22.1 Å². The van der Waals surface area contributed by atoms with E-state index in [-0.39, 0.29) is 5.41 Å². The SMILES string of the molecule is C[Si]1(C)c2ccc(-c3cccc(-c4nc(-c5ccccc5)nc(-c5ccc(-c6ccccc6)cc5-c5ccccc5)n4)c3)cc2-c2ccc3c(c21)C1(c2ccccc2-3)C2CC3CC(C2)CC1C3. The number of hydrogen-bond acceptors (Lipinski definition) is 3. The summed E-state index contributed by atoms with van der Waals surface area (Å²) in [5, 5.41) is 3.31. The topological polar surface area (TPSA) is 38.7 Å². The van der Waals surface area contributed by atoms with E-state index in [1.807, 2.05) is 6.07 Å². The van der Waals surface area contributed by atoms with Gasteiger partial charge in [-0.15, -0.1) is 0 Å². The molecule has 4 fully saturated rings. The number of aromatic nitrogens is 3. The van der Waals surface area contributed by atoms with E-state index < -0.39 is 8.07 Å². The van der Waals surface area contributed by atoms with Crippen molar-refractivity contribution in [2.75, 3.05) is 0 Å². The van der Waals surface area contributed by atoms with Crippen LogP contribution in [0.2, 0.25) is 13.1 Å². The van der Waals surface area contributed by atoms with E-state index in [0.29, 0.717) is 17.5 Å². The fraction of sp³-hybridized carbons (Fsp3) is 0.190. The third kappa shape index (κ3) is 5.85. The van der Waals surface area contributed by atoms with E-state index in [0.717, 1.165) is 57.1 Å². The second-order valence-electron chi connectivity index (χ2n) is 20.8. The predicted molar refractivity (Wildman–Crippen MR) is 278 cm³/mol. The van der Waals surface area contributed by atoms with Crippen molar-refractivity contribution < 1.29 is 0 Å². The van der Waals surface area contributed by atoms with Crippen molar-refractivity contribution in [3.8, 4) is 89.8 Å². The van der Waals surface area contributed by atoms with Gasteiger partial charge in [0.25, 0.3) is 0 Å². The molecule has 3 nitrogen and oxygen atoms in total. The van der Waals surface area contributed by atoms with Crippen LogP contribution in [0.1, 0.15) is 43.2 Å². The summed E-state index contributed by atoms with van der Waals surface area (Å²) >= 11 is 0. The zero-order chi connectivity index (χ0) is 44.4. The van der Waals surface area contributed by atoms with Crippen LogP contribution in [0.5, 0.6) is 0 Å². The van der Waals surface area contributed by atoms with Gasteiger partial charge in [0.15, 0.2) is 17.5 Å². The molecule has 9 aromatic rings. The quantitative estimate of drug-likeness (QED) is 0.156. The second kappa shape index (κ2) is 14.7. The van der Waals surface area contributed by atoms with E-state index >= 15 is 0 Å². The molecular weight excluding hydrogens is 827 g/mol. The van der Waals surface area contributed by atoms with Crippen LogP contribution in [0.4, 0.5) is 0 Å². The summed E-state index contributed by atoms with van der Waals surface area (Å²) in [5.74, 6) is 5.32. The summed E-state index contributed by atoms with van der Waals surface area (Å²) in [4.78, 5) is 15.8. The first-order chi connectivity index (χ1) is 32.9. The standard InChI is InChI=1S/C63H51N3Si/c1-67(2)57-30-26-46(38-55(57)52-29-28-51-50-23-12-13-24-56(50)63(58(51)59(52)67)48-32-39-31-40(34-48)35-49(63)33-39)44-21-14-22-47(36-44)61-64-60(43-19-10-5-11-20-43)65-62(66-61)53-27-25-45(41-15-6-3-7-16-41)37-54(53)42-17-8-4-9-18-42/h3-30,36-40,48-49H,31-35H2,1-2H3. The summed E-state index contributed by atoms with van der Waals surface area (Å²) in [6.45, 7) is 5.29. The van der Waals surface area contributed by atoms with E-state index in [9.17, 15) is 0 Å². The smallest absolute Gasteiger partial charge is 0.164 e. The fourth-order valence-electron chi connectivity index (χ4n) is 14.3. The molecule has 6 aliphatic rings. The molecule has 0 atom stereocenters. The zero-order valence-electron chi connectivity index (χ0n) is 38.1. The van der Waals surface area contributed by atoms with Crippen molar-refractivity contribution in [1.82, 2.24) is 15.0 Å². The Labute approximate surface area is 394 Å². The predicted octanol–water partition coefficient (Wildman–Crippen LogP) is 14.4. The maximum atomic E-state index is 5.34. The average Bonchev–Trinajstić information content (AvgIpc) is 3.80. The van der Waals surface area contributed by atoms with Gasteiger partial charge in [-0.3, -0.25) is 0 Å². The van der Waals surface area contributed by atoms with Crippen molar-refractivity contribution >= 4 is 18.4 Å². The molecule has 15 rings (SSSR count). The van der Waals surface area contributed by atoms with Gasteiger partial charge in [-0.05, 0) is 157 Å². The Morgan fingerprint density at radius 1 is 0.373 bits per heavy atom. The summed E-state index contributed by atoms with van der Waals surface area (Å²) in [6, 6.07) is 69.0. The Hall–Kier alpha value is -7.01. The fourth-order valence-corrected chi connectivity index (χ4v) is 17.8. The molecule has 0 unspecified atom stereocenters. The Morgan fingerprint density at radius 2 is 0.896 bits per heavy atom. The third-order valence-corrected chi connectivity index (χ3v) is 20.4. The van der Waals surface area contributed by atoms with Crippen LogP contribution < -0.4 is 10.4 Å². The van der Waals surface area contributed by atoms with Gasteiger partial charge in [-0.1, -0.05) is 177 Å². The highest BCUT2D eigenvalue weighted by atomic mass is 28.3. The third-order valence-electron chi connectivity index (χ3n) is 16.9. The molecule has 0 saturated heterocycles. The zero-order valence-corrected chi connectivity index (χ0v) is 39.1.